The van der Waals surface area contributed by atoms with E-state index in [-0.39, 0.29) is 54.3 Å². The minimum absolute atomic E-state index is 0.0434. The lowest BCUT2D eigenvalue weighted by atomic mass is 9.72. The van der Waals surface area contributed by atoms with Gasteiger partial charge in [-0.15, -0.1) is 0 Å². The molecule has 2 fully saturated rings. The number of hydrogen-bond donors (Lipinski definition) is 1. The van der Waals surface area contributed by atoms with Crippen LogP contribution in [0.1, 0.15) is 135 Å². The normalized spacial score (nSPS) is 21.4. The van der Waals surface area contributed by atoms with Crippen molar-refractivity contribution >= 4 is 40.7 Å². The van der Waals surface area contributed by atoms with Gasteiger partial charge in [0.15, 0.2) is 17.3 Å². The number of carboxylic acid groups (broad SMARTS) is 1. The molecule has 0 bridgehead atoms. The Hall–Kier alpha value is -2.46. The number of aliphatic carboxylic acids is 1. The molecular weight excluding hydrogens is 630 g/mol. The molecule has 12 heteroatoms. The molecule has 2 aromatic rings. The predicted molar refractivity (Wildman–Crippen MR) is 166 cm³/mol. The first-order valence-corrected chi connectivity index (χ1v) is 16.6. The van der Waals surface area contributed by atoms with Crippen molar-refractivity contribution in [3.05, 3.63) is 45.0 Å². The van der Waals surface area contributed by atoms with Gasteiger partial charge in [0, 0.05) is 18.5 Å². The minimum Gasteiger partial charge on any atom is -0.481 e. The highest BCUT2D eigenvalue weighted by atomic mass is 35.5. The smallest absolute Gasteiger partial charge is 0.433 e. The molecule has 1 N–H and O–H groups in total. The second kappa shape index (κ2) is 14.5. The number of carbonyl (C=O) groups excluding carboxylic acids is 2. The van der Waals surface area contributed by atoms with Crippen LogP contribution in [0.3, 0.4) is 0 Å². The van der Waals surface area contributed by atoms with E-state index in [9.17, 15) is 32.7 Å². The number of aryl methyl sites for hydroxylation is 1. The summed E-state index contributed by atoms with van der Waals surface area (Å²) in [5, 5.41) is 13.4. The van der Waals surface area contributed by atoms with Crippen LogP contribution in [0, 0.1) is 30.1 Å². The van der Waals surface area contributed by atoms with E-state index in [1.54, 1.807) is 6.92 Å². The number of Topliss-reactive ketones (excluding diaryl/α,β-unsaturated/α-hetero) is 2. The van der Waals surface area contributed by atoms with Gasteiger partial charge in [-0.2, -0.15) is 18.3 Å². The molecule has 2 aromatic heterocycles. The van der Waals surface area contributed by atoms with Gasteiger partial charge in [-0.1, -0.05) is 49.9 Å². The number of carbonyl (C=O) groups is 3. The van der Waals surface area contributed by atoms with E-state index >= 15 is 0 Å². The second-order valence-electron chi connectivity index (χ2n) is 13.8. The van der Waals surface area contributed by atoms with Crippen molar-refractivity contribution in [1.82, 2.24) is 14.8 Å². The number of hydrogen-bond acceptors (Lipinski definition) is 5. The standard InChI is InChI=1S/C33H42Cl2F3N3O4/c1-19-15-25(34)28(30(35)40-19)27(43)17-21(6-4-5-20-11-13-32(2,3)14-12-20)16-26(42)24-18-39-41(29(24)33(36,37)38)23-9-7-22(8-10-23)31(44)45/h15,18,20-23H,4-14,16-17H2,1-3H3,(H,44,45). The molecule has 0 saturated heterocycles. The Labute approximate surface area is 272 Å². The molecule has 0 spiro atoms. The van der Waals surface area contributed by atoms with E-state index in [0.29, 0.717) is 23.4 Å². The number of pyridine rings is 1. The van der Waals surface area contributed by atoms with Crippen LogP contribution >= 0.6 is 23.2 Å². The van der Waals surface area contributed by atoms with Crippen molar-refractivity contribution < 1.29 is 32.7 Å². The van der Waals surface area contributed by atoms with Gasteiger partial charge in [-0.25, -0.2) is 4.98 Å². The first-order valence-electron chi connectivity index (χ1n) is 15.8. The van der Waals surface area contributed by atoms with E-state index in [1.165, 1.54) is 6.07 Å². The van der Waals surface area contributed by atoms with Crippen molar-refractivity contribution in [3.8, 4) is 0 Å². The summed E-state index contributed by atoms with van der Waals surface area (Å²) in [5.74, 6) is -2.69. The maximum Gasteiger partial charge on any atom is 0.433 e. The third-order valence-electron chi connectivity index (χ3n) is 9.72. The lowest BCUT2D eigenvalue weighted by Crippen LogP contribution is -2.27. The van der Waals surface area contributed by atoms with Gasteiger partial charge in [-0.05, 0) is 88.0 Å². The summed E-state index contributed by atoms with van der Waals surface area (Å²) < 4.78 is 44.1. The number of rotatable bonds is 12. The molecule has 2 aliphatic rings. The molecule has 1 unspecified atom stereocenters. The largest absolute Gasteiger partial charge is 0.481 e. The lowest BCUT2D eigenvalue weighted by molar-refractivity contribution is -0.147. The van der Waals surface area contributed by atoms with Crippen molar-refractivity contribution in [2.24, 2.45) is 23.2 Å². The number of ketones is 2. The minimum atomic E-state index is -4.85. The number of alkyl halides is 3. The van der Waals surface area contributed by atoms with Crippen molar-refractivity contribution in [2.45, 2.75) is 116 Å². The van der Waals surface area contributed by atoms with E-state index in [0.717, 1.165) is 49.4 Å². The quantitative estimate of drug-likeness (QED) is 0.178. The zero-order valence-corrected chi connectivity index (χ0v) is 27.6. The molecule has 0 radical (unpaired) electrons. The first-order chi connectivity index (χ1) is 21.1. The highest BCUT2D eigenvalue weighted by molar-refractivity contribution is 6.39. The second-order valence-corrected chi connectivity index (χ2v) is 14.5. The van der Waals surface area contributed by atoms with Crippen molar-refractivity contribution in [3.63, 3.8) is 0 Å². The molecule has 2 aliphatic carbocycles. The third-order valence-corrected chi connectivity index (χ3v) is 10.3. The zero-order valence-electron chi connectivity index (χ0n) is 26.1. The van der Waals surface area contributed by atoms with Crippen LogP contribution in [0.25, 0.3) is 0 Å². The summed E-state index contributed by atoms with van der Waals surface area (Å²) in [5.41, 5.74) is -0.721. The highest BCUT2D eigenvalue weighted by Gasteiger charge is 2.42. The van der Waals surface area contributed by atoms with Crippen LogP contribution in [0.2, 0.25) is 10.2 Å². The molecule has 2 heterocycles. The van der Waals surface area contributed by atoms with Gasteiger partial charge >= 0.3 is 12.1 Å². The molecule has 248 valence electrons. The van der Waals surface area contributed by atoms with Crippen LogP contribution in [-0.4, -0.2) is 37.4 Å². The lowest BCUT2D eigenvalue weighted by Gasteiger charge is -2.34. The third kappa shape index (κ3) is 9.09. The number of carboxylic acids is 1. The van der Waals surface area contributed by atoms with Crippen LogP contribution < -0.4 is 0 Å². The van der Waals surface area contributed by atoms with Crippen LogP contribution in [0.5, 0.6) is 0 Å². The molecule has 0 aromatic carbocycles. The fourth-order valence-electron chi connectivity index (χ4n) is 6.99. The van der Waals surface area contributed by atoms with Gasteiger partial charge < -0.3 is 5.11 Å². The maximum absolute atomic E-state index is 14.4. The van der Waals surface area contributed by atoms with Gasteiger partial charge in [0.05, 0.1) is 34.3 Å². The molecule has 2 saturated carbocycles. The maximum atomic E-state index is 14.4. The fourth-order valence-corrected chi connectivity index (χ4v) is 7.74. The predicted octanol–water partition coefficient (Wildman–Crippen LogP) is 9.58. The van der Waals surface area contributed by atoms with E-state index in [2.05, 4.69) is 23.9 Å². The number of aromatic nitrogens is 3. The Kier molecular flexibility index (Phi) is 11.4. The SMILES string of the molecule is Cc1cc(Cl)c(C(=O)CC(CCCC2CCC(C)(C)CC2)CC(=O)c2cnn(C3CCC(C(=O)O)CC3)c2C(F)(F)F)c(Cl)n1. The molecule has 0 amide bonds. The van der Waals surface area contributed by atoms with Crippen LogP contribution in [0.15, 0.2) is 12.3 Å². The van der Waals surface area contributed by atoms with Crippen molar-refractivity contribution in [2.75, 3.05) is 0 Å². The van der Waals surface area contributed by atoms with Crippen LogP contribution in [-0.2, 0) is 11.0 Å². The molecule has 45 heavy (non-hydrogen) atoms. The van der Waals surface area contributed by atoms with E-state index in [4.69, 9.17) is 23.2 Å². The summed E-state index contributed by atoms with van der Waals surface area (Å²) in [6, 6.07) is 0.870. The molecule has 1 atom stereocenters. The van der Waals surface area contributed by atoms with E-state index in [1.807, 2.05) is 0 Å². The summed E-state index contributed by atoms with van der Waals surface area (Å²) in [6.07, 6.45) is 3.30. The topological polar surface area (TPSA) is 102 Å². The Balaban J connectivity index is 1.53. The Morgan fingerprint density at radius 1 is 1.04 bits per heavy atom. The summed E-state index contributed by atoms with van der Waals surface area (Å²) in [4.78, 5) is 42.5. The Morgan fingerprint density at radius 3 is 2.24 bits per heavy atom. The number of nitrogens with zero attached hydrogens (tertiary/aromatic N) is 3. The summed E-state index contributed by atoms with van der Waals surface area (Å²) in [6.45, 7) is 6.23. The molecule has 0 aliphatic heterocycles. The number of halogens is 5. The summed E-state index contributed by atoms with van der Waals surface area (Å²) >= 11 is 12.6. The highest BCUT2D eigenvalue weighted by Crippen LogP contribution is 2.41. The van der Waals surface area contributed by atoms with Gasteiger partial charge in [0.25, 0.3) is 0 Å². The van der Waals surface area contributed by atoms with Gasteiger partial charge in [0.2, 0.25) is 0 Å². The molecular formula is C33H42Cl2F3N3O4. The van der Waals surface area contributed by atoms with E-state index < -0.39 is 52.8 Å². The fraction of sp³-hybridized carbons (Fsp3) is 0.667. The average Bonchev–Trinajstić information content (AvgIpc) is 3.40. The molecule has 7 nitrogen and oxygen atoms in total. The Bertz CT molecular complexity index is 1370. The Morgan fingerprint density at radius 2 is 1.67 bits per heavy atom. The van der Waals surface area contributed by atoms with Gasteiger partial charge in [-0.3, -0.25) is 19.1 Å². The van der Waals surface area contributed by atoms with Gasteiger partial charge in [0.1, 0.15) is 5.15 Å². The van der Waals surface area contributed by atoms with Crippen molar-refractivity contribution in [1.29, 1.82) is 0 Å². The monoisotopic (exact) mass is 671 g/mol. The van der Waals surface area contributed by atoms with Crippen LogP contribution in [0.4, 0.5) is 13.2 Å². The zero-order chi connectivity index (χ0) is 33.1. The summed E-state index contributed by atoms with van der Waals surface area (Å²) in [7, 11) is 0. The molecule has 4 rings (SSSR count). The average molecular weight is 673 g/mol. The first kappa shape index (κ1) is 35.4.